The van der Waals surface area contributed by atoms with Crippen molar-refractivity contribution in [3.63, 3.8) is 0 Å². The van der Waals surface area contributed by atoms with Gasteiger partial charge in [0.15, 0.2) is 5.82 Å². The number of hydrogen-bond acceptors (Lipinski definition) is 6. The van der Waals surface area contributed by atoms with Crippen molar-refractivity contribution in [1.82, 2.24) is 20.1 Å². The van der Waals surface area contributed by atoms with Crippen LogP contribution >= 0.6 is 0 Å². The first-order valence-electron chi connectivity index (χ1n) is 8.16. The third-order valence-electron chi connectivity index (χ3n) is 3.98. The first kappa shape index (κ1) is 16.4. The summed E-state index contributed by atoms with van der Waals surface area (Å²) < 4.78 is 11.5. The van der Waals surface area contributed by atoms with Gasteiger partial charge in [0.05, 0.1) is 18.2 Å². The van der Waals surface area contributed by atoms with E-state index in [1.165, 1.54) is 0 Å². The molecule has 0 bridgehead atoms. The minimum atomic E-state index is -0.0924. The summed E-state index contributed by atoms with van der Waals surface area (Å²) in [6, 6.07) is 9.25. The lowest BCUT2D eigenvalue weighted by atomic mass is 10.2. The Labute approximate surface area is 141 Å². The number of aryl methyl sites for hydroxylation is 1. The van der Waals surface area contributed by atoms with Gasteiger partial charge in [-0.2, -0.15) is 10.4 Å². The molecule has 7 heteroatoms. The zero-order valence-electron chi connectivity index (χ0n) is 13.7. The van der Waals surface area contributed by atoms with E-state index in [9.17, 15) is 0 Å². The lowest BCUT2D eigenvalue weighted by molar-refractivity contribution is -0.0369. The van der Waals surface area contributed by atoms with E-state index < -0.39 is 0 Å². The van der Waals surface area contributed by atoms with E-state index in [4.69, 9.17) is 14.7 Å². The van der Waals surface area contributed by atoms with E-state index in [1.54, 1.807) is 12.1 Å². The number of aromatic amines is 1. The number of nitriles is 1. The normalized spacial score (nSPS) is 18.2. The van der Waals surface area contributed by atoms with Gasteiger partial charge in [0.25, 0.3) is 0 Å². The van der Waals surface area contributed by atoms with Crippen LogP contribution in [0, 0.1) is 11.3 Å². The highest BCUT2D eigenvalue weighted by Gasteiger charge is 2.25. The molecule has 1 saturated heterocycles. The molecule has 0 amide bonds. The van der Waals surface area contributed by atoms with Crippen LogP contribution in [0.5, 0.6) is 5.75 Å². The molecule has 1 aliphatic heterocycles. The molecule has 2 heterocycles. The average Bonchev–Trinajstić information content (AvgIpc) is 3.12. The van der Waals surface area contributed by atoms with Crippen molar-refractivity contribution >= 4 is 0 Å². The Hall–Kier alpha value is -2.43. The average molecular weight is 327 g/mol. The van der Waals surface area contributed by atoms with Crippen LogP contribution in [0.4, 0.5) is 0 Å². The smallest absolute Gasteiger partial charge is 0.180 e. The Kier molecular flexibility index (Phi) is 5.41. The minimum Gasteiger partial charge on any atom is -0.492 e. The predicted octanol–water partition coefficient (Wildman–Crippen LogP) is 1.69. The first-order valence-corrected chi connectivity index (χ1v) is 8.16. The number of nitrogens with one attached hydrogen (secondary N) is 1. The zero-order valence-corrected chi connectivity index (χ0v) is 13.7. The summed E-state index contributed by atoms with van der Waals surface area (Å²) >= 11 is 0. The topological polar surface area (TPSA) is 87.1 Å². The van der Waals surface area contributed by atoms with E-state index in [0.29, 0.717) is 18.8 Å². The second-order valence-corrected chi connectivity index (χ2v) is 5.64. The SMILES string of the molecule is CCc1nc([C@@H]2CN(CCOc3ccc(C#N)cc3)CCO2)n[nH]1. The van der Waals surface area contributed by atoms with Crippen molar-refractivity contribution in [2.75, 3.05) is 32.8 Å². The molecule has 0 unspecified atom stereocenters. The number of rotatable bonds is 6. The highest BCUT2D eigenvalue weighted by atomic mass is 16.5. The number of benzene rings is 1. The van der Waals surface area contributed by atoms with Crippen molar-refractivity contribution < 1.29 is 9.47 Å². The largest absolute Gasteiger partial charge is 0.492 e. The van der Waals surface area contributed by atoms with Crippen LogP contribution in [0.3, 0.4) is 0 Å². The molecule has 1 fully saturated rings. The third kappa shape index (κ3) is 4.10. The second kappa shape index (κ2) is 7.90. The van der Waals surface area contributed by atoms with Crippen molar-refractivity contribution in [2.24, 2.45) is 0 Å². The van der Waals surface area contributed by atoms with Gasteiger partial charge in [-0.3, -0.25) is 10.00 Å². The number of morpholine rings is 1. The highest BCUT2D eigenvalue weighted by Crippen LogP contribution is 2.19. The fraction of sp³-hybridized carbons (Fsp3) is 0.471. The summed E-state index contributed by atoms with van der Waals surface area (Å²) in [4.78, 5) is 6.75. The van der Waals surface area contributed by atoms with Gasteiger partial charge in [0, 0.05) is 26.1 Å². The second-order valence-electron chi connectivity index (χ2n) is 5.64. The Morgan fingerprint density at radius 3 is 2.96 bits per heavy atom. The van der Waals surface area contributed by atoms with E-state index in [-0.39, 0.29) is 6.10 Å². The molecule has 1 aromatic heterocycles. The van der Waals surface area contributed by atoms with Gasteiger partial charge in [0.1, 0.15) is 24.3 Å². The Morgan fingerprint density at radius 1 is 1.42 bits per heavy atom. The predicted molar refractivity (Wildman–Crippen MR) is 87.5 cm³/mol. The molecule has 2 aromatic rings. The minimum absolute atomic E-state index is 0.0924. The number of H-pyrrole nitrogens is 1. The lowest BCUT2D eigenvalue weighted by Crippen LogP contribution is -2.40. The van der Waals surface area contributed by atoms with Crippen LogP contribution in [0.15, 0.2) is 24.3 Å². The van der Waals surface area contributed by atoms with Gasteiger partial charge in [-0.15, -0.1) is 0 Å². The maximum absolute atomic E-state index is 8.79. The molecule has 7 nitrogen and oxygen atoms in total. The van der Waals surface area contributed by atoms with E-state index in [0.717, 1.165) is 43.5 Å². The van der Waals surface area contributed by atoms with Crippen molar-refractivity contribution in [2.45, 2.75) is 19.4 Å². The van der Waals surface area contributed by atoms with Crippen LogP contribution in [-0.2, 0) is 11.2 Å². The molecular weight excluding hydrogens is 306 g/mol. The van der Waals surface area contributed by atoms with E-state index >= 15 is 0 Å². The Balaban J connectivity index is 1.47. The molecule has 1 atom stereocenters. The molecule has 0 radical (unpaired) electrons. The Morgan fingerprint density at radius 2 is 2.25 bits per heavy atom. The maximum Gasteiger partial charge on any atom is 0.180 e. The molecule has 0 aliphatic carbocycles. The molecule has 3 rings (SSSR count). The number of aromatic nitrogens is 3. The van der Waals surface area contributed by atoms with Gasteiger partial charge < -0.3 is 9.47 Å². The van der Waals surface area contributed by atoms with Crippen molar-refractivity contribution in [3.8, 4) is 11.8 Å². The molecule has 1 aliphatic rings. The maximum atomic E-state index is 8.79. The van der Waals surface area contributed by atoms with Crippen LogP contribution < -0.4 is 4.74 Å². The molecule has 24 heavy (non-hydrogen) atoms. The molecular formula is C17H21N5O2. The van der Waals surface area contributed by atoms with Crippen LogP contribution in [-0.4, -0.2) is 52.9 Å². The summed E-state index contributed by atoms with van der Waals surface area (Å²) in [7, 11) is 0. The monoisotopic (exact) mass is 327 g/mol. The van der Waals surface area contributed by atoms with Gasteiger partial charge in [-0.1, -0.05) is 6.92 Å². The molecule has 1 aromatic carbocycles. The summed E-state index contributed by atoms with van der Waals surface area (Å²) in [5, 5.41) is 16.0. The van der Waals surface area contributed by atoms with Crippen molar-refractivity contribution in [1.29, 1.82) is 5.26 Å². The molecule has 0 spiro atoms. The summed E-state index contributed by atoms with van der Waals surface area (Å²) in [6.07, 6.45) is 0.743. The van der Waals surface area contributed by atoms with Gasteiger partial charge >= 0.3 is 0 Å². The lowest BCUT2D eigenvalue weighted by Gasteiger charge is -2.31. The number of hydrogen-bond donors (Lipinski definition) is 1. The van der Waals surface area contributed by atoms with Crippen LogP contribution in [0.2, 0.25) is 0 Å². The van der Waals surface area contributed by atoms with E-state index in [1.807, 2.05) is 19.1 Å². The van der Waals surface area contributed by atoms with Gasteiger partial charge in [0.2, 0.25) is 0 Å². The van der Waals surface area contributed by atoms with Crippen LogP contribution in [0.1, 0.15) is 30.2 Å². The standard InChI is InChI=1S/C17H21N5O2/c1-2-16-19-17(21-20-16)15-12-22(8-10-24-15)7-9-23-14-5-3-13(11-18)4-6-14/h3-6,15H,2,7-10,12H2,1H3,(H,19,20,21)/t15-/m0/s1. The van der Waals surface area contributed by atoms with Gasteiger partial charge in [-0.05, 0) is 24.3 Å². The molecule has 1 N–H and O–H groups in total. The summed E-state index contributed by atoms with van der Waals surface area (Å²) in [5.74, 6) is 2.39. The van der Waals surface area contributed by atoms with Gasteiger partial charge in [-0.25, -0.2) is 4.98 Å². The fourth-order valence-electron chi connectivity index (χ4n) is 2.59. The Bertz CT molecular complexity index is 692. The third-order valence-corrected chi connectivity index (χ3v) is 3.98. The zero-order chi connectivity index (χ0) is 16.8. The molecule has 0 saturated carbocycles. The summed E-state index contributed by atoms with van der Waals surface area (Å²) in [5.41, 5.74) is 0.635. The summed E-state index contributed by atoms with van der Waals surface area (Å²) in [6.45, 7) is 5.74. The number of nitrogens with zero attached hydrogens (tertiary/aromatic N) is 4. The van der Waals surface area contributed by atoms with Crippen LogP contribution in [0.25, 0.3) is 0 Å². The van der Waals surface area contributed by atoms with Crippen molar-refractivity contribution in [3.05, 3.63) is 41.5 Å². The van der Waals surface area contributed by atoms with E-state index in [2.05, 4.69) is 26.2 Å². The highest BCUT2D eigenvalue weighted by molar-refractivity contribution is 5.34. The molecule has 126 valence electrons. The first-order chi connectivity index (χ1) is 11.8. The number of ether oxygens (including phenoxy) is 2. The quantitative estimate of drug-likeness (QED) is 0.869. The fourth-order valence-corrected chi connectivity index (χ4v) is 2.59.